The molecule has 2 aromatic rings. The summed E-state index contributed by atoms with van der Waals surface area (Å²) >= 11 is 0. The van der Waals surface area contributed by atoms with Crippen molar-refractivity contribution < 1.29 is 37.3 Å². The first-order chi connectivity index (χ1) is 22.8. The minimum atomic E-state index is -3.84. The molecule has 268 valence electrons. The number of carbonyl (C=O) groups is 2. The van der Waals surface area contributed by atoms with Crippen LogP contribution >= 0.6 is 0 Å². The van der Waals surface area contributed by atoms with Gasteiger partial charge in [0.1, 0.15) is 11.5 Å². The summed E-state index contributed by atoms with van der Waals surface area (Å²) in [5, 5.41) is 13.1. The molecule has 0 radical (unpaired) electrons. The highest BCUT2D eigenvalue weighted by Gasteiger charge is 2.32. The lowest BCUT2D eigenvalue weighted by Gasteiger charge is -2.35. The number of anilines is 1. The molecule has 12 nitrogen and oxygen atoms in total. The fourth-order valence-electron chi connectivity index (χ4n) is 5.52. The number of sulfonamides is 1. The molecule has 2 aromatic carbocycles. The van der Waals surface area contributed by atoms with Gasteiger partial charge >= 0.3 is 0 Å². The lowest BCUT2D eigenvalue weighted by molar-refractivity contribution is -0.116. The number of nitrogens with zero attached hydrogens (tertiary/aromatic N) is 3. The number of carbonyl (C=O) groups excluding carboxylic acids is 2. The molecule has 2 N–H and O–H groups in total. The molecule has 48 heavy (non-hydrogen) atoms. The molecule has 0 unspecified atom stereocenters. The number of methoxy groups -OCH3 is 1. The monoisotopic (exact) mass is 690 g/mol. The zero-order chi connectivity index (χ0) is 35.4. The fourth-order valence-corrected chi connectivity index (χ4v) is 6.70. The van der Waals surface area contributed by atoms with E-state index in [4.69, 9.17) is 14.2 Å². The fraction of sp³-hybridized carbons (Fsp3) is 0.600. The second-order valence-electron chi connectivity index (χ2n) is 12.9. The van der Waals surface area contributed by atoms with E-state index in [0.717, 1.165) is 19.4 Å². The van der Waals surface area contributed by atoms with Crippen molar-refractivity contribution in [1.82, 2.24) is 14.1 Å². The third kappa shape index (κ3) is 11.2. The number of aliphatic hydroxyl groups is 1. The number of rotatable bonds is 12. The number of hydrogen-bond acceptors (Lipinski definition) is 9. The number of amides is 2. The van der Waals surface area contributed by atoms with Gasteiger partial charge in [-0.25, -0.2) is 8.42 Å². The lowest BCUT2D eigenvalue weighted by Crippen LogP contribution is -2.48. The standard InChI is InChI=1S/C35H54N4O8S/c1-25-22-39(26(2)24-40)35(42)31-21-28(36-34(41)12-10-19-37(4)5)13-18-32(31)47-27(3)11-8-9-20-46-33(25)23-38(6)48(43,44)30-16-14-29(45-7)15-17-30/h13-18,21,25-27,33,40H,8-12,19-20,22-24H2,1-7H3,(H,36,41)/t25-,26+,27+,33+/m1/s1. The third-order valence-electron chi connectivity index (χ3n) is 8.55. The molecule has 0 aromatic heterocycles. The van der Waals surface area contributed by atoms with Crippen molar-refractivity contribution >= 4 is 27.5 Å². The first-order valence-electron chi connectivity index (χ1n) is 16.7. The van der Waals surface area contributed by atoms with E-state index in [-0.39, 0.29) is 54.0 Å². The van der Waals surface area contributed by atoms with Crippen LogP contribution in [0.3, 0.4) is 0 Å². The van der Waals surface area contributed by atoms with Gasteiger partial charge in [0, 0.05) is 44.8 Å². The van der Waals surface area contributed by atoms with Crippen LogP contribution < -0.4 is 14.8 Å². The predicted molar refractivity (Wildman–Crippen MR) is 186 cm³/mol. The van der Waals surface area contributed by atoms with Gasteiger partial charge in [-0.05, 0) is 103 Å². The Morgan fingerprint density at radius 3 is 2.48 bits per heavy atom. The molecule has 0 bridgehead atoms. The first-order valence-corrected chi connectivity index (χ1v) is 18.1. The minimum absolute atomic E-state index is 0.0607. The maximum Gasteiger partial charge on any atom is 0.258 e. The van der Waals surface area contributed by atoms with E-state index in [1.807, 2.05) is 32.8 Å². The van der Waals surface area contributed by atoms with Gasteiger partial charge in [-0.2, -0.15) is 4.31 Å². The summed E-state index contributed by atoms with van der Waals surface area (Å²) in [5.74, 6) is 0.114. The highest BCUT2D eigenvalue weighted by atomic mass is 32.2. The van der Waals surface area contributed by atoms with E-state index >= 15 is 0 Å². The molecule has 4 atom stereocenters. The van der Waals surface area contributed by atoms with E-state index in [0.29, 0.717) is 43.1 Å². The van der Waals surface area contributed by atoms with Crippen molar-refractivity contribution in [3.8, 4) is 11.5 Å². The molecule has 0 saturated carbocycles. The van der Waals surface area contributed by atoms with Crippen LogP contribution in [0.1, 0.15) is 63.2 Å². The molecule has 13 heteroatoms. The Bertz CT molecular complexity index is 1440. The Morgan fingerprint density at radius 1 is 1.12 bits per heavy atom. The van der Waals surface area contributed by atoms with Gasteiger partial charge in [0.2, 0.25) is 15.9 Å². The summed E-state index contributed by atoms with van der Waals surface area (Å²) in [7, 11) is 3.10. The number of benzene rings is 2. The molecule has 1 heterocycles. The second-order valence-corrected chi connectivity index (χ2v) is 15.0. The molecule has 1 aliphatic rings. The van der Waals surface area contributed by atoms with Crippen LogP contribution in [-0.2, 0) is 19.6 Å². The van der Waals surface area contributed by atoms with E-state index in [2.05, 4.69) is 5.32 Å². The van der Waals surface area contributed by atoms with Crippen LogP contribution in [0, 0.1) is 5.92 Å². The van der Waals surface area contributed by atoms with Crippen molar-refractivity contribution in [3.63, 3.8) is 0 Å². The van der Waals surface area contributed by atoms with E-state index in [1.54, 1.807) is 42.2 Å². The molecular formula is C35H54N4O8S. The third-order valence-corrected chi connectivity index (χ3v) is 10.4. The molecule has 0 aliphatic carbocycles. The van der Waals surface area contributed by atoms with Gasteiger partial charge in [-0.3, -0.25) is 9.59 Å². The Morgan fingerprint density at radius 2 is 1.83 bits per heavy atom. The normalized spacial score (nSPS) is 20.5. The molecule has 0 spiro atoms. The average molecular weight is 691 g/mol. The lowest BCUT2D eigenvalue weighted by atomic mass is 10.0. The summed E-state index contributed by atoms with van der Waals surface area (Å²) < 4.78 is 46.1. The second kappa shape index (κ2) is 18.5. The molecule has 0 fully saturated rings. The van der Waals surface area contributed by atoms with Gasteiger partial charge in [0.25, 0.3) is 5.91 Å². The van der Waals surface area contributed by atoms with E-state index in [9.17, 15) is 23.1 Å². The van der Waals surface area contributed by atoms with Crippen LogP contribution in [0.4, 0.5) is 5.69 Å². The highest BCUT2D eigenvalue weighted by Crippen LogP contribution is 2.29. The Balaban J connectivity index is 1.92. The van der Waals surface area contributed by atoms with Crippen molar-refractivity contribution in [1.29, 1.82) is 0 Å². The molecule has 2 amide bonds. The zero-order valence-electron chi connectivity index (χ0n) is 29.5. The molecule has 3 rings (SSSR count). The first kappa shape index (κ1) is 39.2. The van der Waals surface area contributed by atoms with Crippen LogP contribution in [0.15, 0.2) is 47.4 Å². The van der Waals surface area contributed by atoms with Crippen molar-refractivity contribution in [2.24, 2.45) is 5.92 Å². The quantitative estimate of drug-likeness (QED) is 0.337. The Hall–Kier alpha value is -3.23. The summed E-state index contributed by atoms with van der Waals surface area (Å²) in [6.07, 6.45) is 2.55. The summed E-state index contributed by atoms with van der Waals surface area (Å²) in [4.78, 5) is 30.7. The van der Waals surface area contributed by atoms with Gasteiger partial charge in [-0.1, -0.05) is 6.92 Å². The van der Waals surface area contributed by atoms with Gasteiger partial charge < -0.3 is 34.4 Å². The van der Waals surface area contributed by atoms with Crippen LogP contribution in [0.2, 0.25) is 0 Å². The topological polar surface area (TPSA) is 138 Å². The smallest absolute Gasteiger partial charge is 0.258 e. The number of ether oxygens (including phenoxy) is 3. The number of nitrogens with one attached hydrogen (secondary N) is 1. The van der Waals surface area contributed by atoms with Gasteiger partial charge in [0.05, 0.1) is 42.4 Å². The predicted octanol–water partition coefficient (Wildman–Crippen LogP) is 4.09. The van der Waals surface area contributed by atoms with Crippen LogP contribution in [0.25, 0.3) is 0 Å². The average Bonchev–Trinajstić information content (AvgIpc) is 3.05. The minimum Gasteiger partial charge on any atom is -0.497 e. The molecular weight excluding hydrogens is 636 g/mol. The SMILES string of the molecule is COc1ccc(S(=O)(=O)N(C)C[C@@H]2OCCCC[C@H](C)Oc3ccc(NC(=O)CCCN(C)C)cc3C(=O)N([C@@H](C)CO)C[C@H]2C)cc1. The van der Waals surface area contributed by atoms with Gasteiger partial charge in [-0.15, -0.1) is 0 Å². The number of aliphatic hydroxyl groups excluding tert-OH is 1. The summed E-state index contributed by atoms with van der Waals surface area (Å²) in [6, 6.07) is 10.7. The maximum absolute atomic E-state index is 14.3. The number of hydrogen-bond donors (Lipinski definition) is 2. The zero-order valence-corrected chi connectivity index (χ0v) is 30.3. The van der Waals surface area contributed by atoms with E-state index < -0.39 is 22.2 Å². The Kier molecular flexibility index (Phi) is 15.1. The molecule has 0 saturated heterocycles. The van der Waals surface area contributed by atoms with Crippen LogP contribution in [0.5, 0.6) is 11.5 Å². The molecule has 1 aliphatic heterocycles. The maximum atomic E-state index is 14.3. The number of likely N-dealkylation sites (N-methyl/N-ethyl adjacent to an activating group) is 1. The van der Waals surface area contributed by atoms with Crippen molar-refractivity contribution in [2.75, 3.05) is 66.4 Å². The van der Waals surface area contributed by atoms with Crippen molar-refractivity contribution in [2.45, 2.75) is 76.0 Å². The largest absolute Gasteiger partial charge is 0.497 e. The van der Waals surface area contributed by atoms with E-state index in [1.165, 1.54) is 30.6 Å². The Labute approximate surface area is 286 Å². The number of fused-ring (bicyclic) bond motifs is 1. The highest BCUT2D eigenvalue weighted by molar-refractivity contribution is 7.89. The summed E-state index contributed by atoms with van der Waals surface area (Å²) in [5.41, 5.74) is 0.750. The van der Waals surface area contributed by atoms with Gasteiger partial charge in [0.15, 0.2) is 0 Å². The van der Waals surface area contributed by atoms with Crippen LogP contribution in [-0.4, -0.2) is 119 Å². The van der Waals surface area contributed by atoms with Crippen molar-refractivity contribution in [3.05, 3.63) is 48.0 Å². The summed E-state index contributed by atoms with van der Waals surface area (Å²) in [6.45, 7) is 6.76.